The lowest BCUT2D eigenvalue weighted by atomic mass is 9.82. The van der Waals surface area contributed by atoms with Gasteiger partial charge in [0.15, 0.2) is 6.29 Å². The molecule has 2 saturated heterocycles. The number of nitriles is 1. The minimum atomic E-state index is -0.752. The number of carbonyl (C=O) groups excluding carboxylic acids is 2. The summed E-state index contributed by atoms with van der Waals surface area (Å²) in [6.07, 6.45) is 1.40. The minimum Gasteiger partial charge on any atom is -0.309 e. The molecule has 0 aromatic heterocycles. The fraction of sp³-hybridized carbons (Fsp3) is 0.786. The molecule has 0 radical (unpaired) electrons. The maximum Gasteiger partial charge on any atom is 0.372 e. The van der Waals surface area contributed by atoms with E-state index in [-0.39, 0.29) is 16.4 Å². The summed E-state index contributed by atoms with van der Waals surface area (Å²) in [5.74, 6) is 0.0716. The molecule has 2 rings (SSSR count). The van der Waals surface area contributed by atoms with Crippen molar-refractivity contribution in [3.05, 3.63) is 0 Å². The Morgan fingerprint density at radius 3 is 2.42 bits per heavy atom. The maximum atomic E-state index is 12.8. The summed E-state index contributed by atoms with van der Waals surface area (Å²) in [4.78, 5) is 24.6. The standard InChI is InChI=1S/C14H23N3O2/c1-11-12(19)17(5)8-13(2,7-15)6-14(17,10-18)9-16(11,3)4/h10-11H,6,8-9H2,1-5H3/q+2. The number of quaternary nitrogens is 2. The molecule has 5 nitrogen and oxygen atoms in total. The van der Waals surface area contributed by atoms with Gasteiger partial charge >= 0.3 is 5.91 Å². The second-order valence-corrected chi connectivity index (χ2v) is 7.37. The van der Waals surface area contributed by atoms with Crippen LogP contribution >= 0.6 is 0 Å². The van der Waals surface area contributed by atoms with Crippen LogP contribution in [0.2, 0.25) is 0 Å². The van der Waals surface area contributed by atoms with Crippen molar-refractivity contribution in [1.29, 1.82) is 5.26 Å². The molecule has 0 N–H and O–H groups in total. The van der Waals surface area contributed by atoms with Crippen LogP contribution in [0.15, 0.2) is 0 Å². The second kappa shape index (κ2) is 3.65. The summed E-state index contributed by atoms with van der Waals surface area (Å²) < 4.78 is 0.594. The highest BCUT2D eigenvalue weighted by molar-refractivity contribution is 5.79. The number of fused-ring (bicyclic) bond motifs is 1. The third-order valence-corrected chi connectivity index (χ3v) is 5.41. The SMILES string of the molecule is CC1C(=O)[N+]2(C)CC(C)(C#N)CC2(C=O)C[N+]1(C)C. The van der Waals surface area contributed by atoms with E-state index in [9.17, 15) is 14.9 Å². The van der Waals surface area contributed by atoms with Gasteiger partial charge in [-0.2, -0.15) is 5.26 Å². The molecule has 0 aromatic carbocycles. The van der Waals surface area contributed by atoms with Crippen molar-refractivity contribution >= 4 is 12.2 Å². The Bertz CT molecular complexity index is 495. The van der Waals surface area contributed by atoms with E-state index in [1.807, 2.05) is 35.0 Å². The van der Waals surface area contributed by atoms with Gasteiger partial charge in [0, 0.05) is 13.3 Å². The molecular weight excluding hydrogens is 242 g/mol. The Morgan fingerprint density at radius 1 is 1.37 bits per heavy atom. The molecular formula is C14H23N3O2+2. The highest BCUT2D eigenvalue weighted by Crippen LogP contribution is 2.49. The molecule has 0 aliphatic carbocycles. The largest absolute Gasteiger partial charge is 0.372 e. The van der Waals surface area contributed by atoms with Crippen molar-refractivity contribution in [2.75, 3.05) is 34.2 Å². The molecule has 2 aliphatic heterocycles. The summed E-state index contributed by atoms with van der Waals surface area (Å²) in [6, 6.07) is 2.16. The van der Waals surface area contributed by atoms with E-state index in [2.05, 4.69) is 6.07 Å². The van der Waals surface area contributed by atoms with Crippen LogP contribution in [-0.4, -0.2) is 67.0 Å². The van der Waals surface area contributed by atoms with E-state index in [0.717, 1.165) is 6.29 Å². The average Bonchev–Trinajstić information content (AvgIpc) is 2.56. The van der Waals surface area contributed by atoms with Crippen molar-refractivity contribution in [3.63, 3.8) is 0 Å². The summed E-state index contributed by atoms with van der Waals surface area (Å²) in [5.41, 5.74) is -1.35. The van der Waals surface area contributed by atoms with Crippen molar-refractivity contribution in [1.82, 2.24) is 0 Å². The van der Waals surface area contributed by atoms with Crippen LogP contribution in [0, 0.1) is 16.7 Å². The highest BCUT2D eigenvalue weighted by atomic mass is 16.2. The van der Waals surface area contributed by atoms with Gasteiger partial charge in [-0.3, -0.25) is 4.79 Å². The van der Waals surface area contributed by atoms with Gasteiger partial charge in [0.2, 0.25) is 11.6 Å². The Labute approximate surface area is 114 Å². The fourth-order valence-electron chi connectivity index (χ4n) is 4.09. The van der Waals surface area contributed by atoms with Crippen LogP contribution < -0.4 is 0 Å². The van der Waals surface area contributed by atoms with E-state index in [1.54, 1.807) is 0 Å². The lowest BCUT2D eigenvalue weighted by molar-refractivity contribution is -0.989. The molecule has 2 heterocycles. The molecule has 19 heavy (non-hydrogen) atoms. The van der Waals surface area contributed by atoms with E-state index < -0.39 is 11.0 Å². The number of rotatable bonds is 1. The molecule has 0 aromatic rings. The van der Waals surface area contributed by atoms with Gasteiger partial charge in [-0.15, -0.1) is 0 Å². The van der Waals surface area contributed by atoms with Crippen molar-refractivity contribution < 1.29 is 18.6 Å². The smallest absolute Gasteiger partial charge is 0.309 e. The number of nitrogens with zero attached hydrogens (tertiary/aromatic N) is 3. The molecule has 0 bridgehead atoms. The van der Waals surface area contributed by atoms with Gasteiger partial charge in [-0.1, -0.05) is 0 Å². The van der Waals surface area contributed by atoms with Crippen LogP contribution in [0.3, 0.4) is 0 Å². The number of piperazine rings is 1. The van der Waals surface area contributed by atoms with Crippen LogP contribution in [0.4, 0.5) is 0 Å². The Morgan fingerprint density at radius 2 is 1.95 bits per heavy atom. The van der Waals surface area contributed by atoms with Gasteiger partial charge in [0.25, 0.3) is 0 Å². The number of amides is 1. The van der Waals surface area contributed by atoms with E-state index in [4.69, 9.17) is 0 Å². The molecule has 104 valence electrons. The number of aldehydes is 1. The van der Waals surface area contributed by atoms with Gasteiger partial charge in [0.05, 0.1) is 27.2 Å². The normalized spacial score (nSPS) is 48.4. The molecule has 2 aliphatic rings. The van der Waals surface area contributed by atoms with Gasteiger partial charge in [-0.05, 0) is 6.92 Å². The van der Waals surface area contributed by atoms with Crippen molar-refractivity contribution in [2.45, 2.75) is 31.8 Å². The zero-order valence-corrected chi connectivity index (χ0v) is 12.4. The van der Waals surface area contributed by atoms with Crippen molar-refractivity contribution in [2.24, 2.45) is 5.41 Å². The first kappa shape index (κ1) is 14.2. The molecule has 0 spiro atoms. The lowest BCUT2D eigenvalue weighted by Gasteiger charge is -2.51. The number of carbonyl (C=O) groups is 2. The second-order valence-electron chi connectivity index (χ2n) is 7.37. The molecule has 2 fully saturated rings. The average molecular weight is 265 g/mol. The first-order valence-corrected chi connectivity index (χ1v) is 6.66. The van der Waals surface area contributed by atoms with Crippen LogP contribution in [0.1, 0.15) is 20.3 Å². The molecule has 1 amide bonds. The van der Waals surface area contributed by atoms with Gasteiger partial charge < -0.3 is 4.48 Å². The van der Waals surface area contributed by atoms with Crippen LogP contribution in [0.25, 0.3) is 0 Å². The monoisotopic (exact) mass is 265 g/mol. The summed E-state index contributed by atoms with van der Waals surface area (Å²) in [6.45, 7) is 4.82. The van der Waals surface area contributed by atoms with Crippen LogP contribution in [0.5, 0.6) is 0 Å². The molecule has 5 heteroatoms. The number of hydrogen-bond acceptors (Lipinski definition) is 3. The summed E-state index contributed by atoms with van der Waals surface area (Å²) in [5, 5.41) is 9.39. The van der Waals surface area contributed by atoms with Crippen molar-refractivity contribution in [3.8, 4) is 6.07 Å². The predicted octanol–water partition coefficient (Wildman–Crippen LogP) is 0.309. The minimum absolute atomic E-state index is 0.0716. The highest BCUT2D eigenvalue weighted by Gasteiger charge is 2.72. The first-order chi connectivity index (χ1) is 8.56. The summed E-state index contributed by atoms with van der Waals surface area (Å²) >= 11 is 0. The third-order valence-electron chi connectivity index (χ3n) is 5.41. The zero-order valence-electron chi connectivity index (χ0n) is 12.4. The zero-order chi connectivity index (χ0) is 14.7. The van der Waals surface area contributed by atoms with Gasteiger partial charge in [0.1, 0.15) is 18.5 Å². The third kappa shape index (κ3) is 1.60. The Kier molecular flexibility index (Phi) is 2.72. The lowest BCUT2D eigenvalue weighted by Crippen LogP contribution is -2.78. The molecule has 4 unspecified atom stereocenters. The molecule has 0 saturated carbocycles. The number of likely N-dealkylation sites (N-methyl/N-ethyl adjacent to an activating group) is 2. The van der Waals surface area contributed by atoms with E-state index >= 15 is 0 Å². The fourth-order valence-corrected chi connectivity index (χ4v) is 4.09. The first-order valence-electron chi connectivity index (χ1n) is 6.66. The Hall–Kier alpha value is -1.25. The number of hydrogen-bond donors (Lipinski definition) is 0. The Balaban J connectivity index is 2.60. The maximum absolute atomic E-state index is 12.8. The molecule has 4 atom stereocenters. The van der Waals surface area contributed by atoms with E-state index in [1.165, 1.54) is 0 Å². The van der Waals surface area contributed by atoms with Crippen LogP contribution in [-0.2, 0) is 9.59 Å². The predicted molar refractivity (Wildman–Crippen MR) is 69.6 cm³/mol. The summed E-state index contributed by atoms with van der Waals surface area (Å²) in [7, 11) is 5.80. The van der Waals surface area contributed by atoms with E-state index in [0.29, 0.717) is 24.0 Å². The topological polar surface area (TPSA) is 57.9 Å². The van der Waals surface area contributed by atoms with Gasteiger partial charge in [-0.25, -0.2) is 9.28 Å². The quantitative estimate of drug-likeness (QED) is 0.506.